The molecule has 20 heavy (non-hydrogen) atoms. The number of hydrogen-bond acceptors (Lipinski definition) is 2. The number of anilines is 3. The maximum absolute atomic E-state index is 13.4. The molecule has 0 fully saturated rings. The number of nitrogen functional groups attached to an aromatic ring is 1. The molecule has 0 saturated heterocycles. The lowest BCUT2D eigenvalue weighted by atomic mass is 10.1. The largest absolute Gasteiger partial charge is 0.416 e. The summed E-state index contributed by atoms with van der Waals surface area (Å²) in [4.78, 5) is 0. The summed E-state index contributed by atoms with van der Waals surface area (Å²) >= 11 is 0. The molecular formula is C13H9F5N2. The smallest absolute Gasteiger partial charge is 0.397 e. The van der Waals surface area contributed by atoms with Crippen LogP contribution >= 0.6 is 0 Å². The van der Waals surface area contributed by atoms with Crippen LogP contribution in [0.25, 0.3) is 0 Å². The zero-order chi connectivity index (χ0) is 14.9. The van der Waals surface area contributed by atoms with E-state index in [-0.39, 0.29) is 17.1 Å². The van der Waals surface area contributed by atoms with Gasteiger partial charge < -0.3 is 11.1 Å². The number of nitrogens with two attached hydrogens (primary N) is 1. The van der Waals surface area contributed by atoms with E-state index in [2.05, 4.69) is 5.32 Å². The van der Waals surface area contributed by atoms with Crippen LogP contribution in [0.4, 0.5) is 39.0 Å². The summed E-state index contributed by atoms with van der Waals surface area (Å²) in [6.45, 7) is 0. The van der Waals surface area contributed by atoms with Gasteiger partial charge in [-0.3, -0.25) is 0 Å². The van der Waals surface area contributed by atoms with Crippen molar-refractivity contribution < 1.29 is 22.0 Å². The van der Waals surface area contributed by atoms with Crippen molar-refractivity contribution in [2.75, 3.05) is 11.1 Å². The molecular weight excluding hydrogens is 279 g/mol. The van der Waals surface area contributed by atoms with Gasteiger partial charge in [0, 0.05) is 0 Å². The topological polar surface area (TPSA) is 38.0 Å². The molecule has 0 aromatic heterocycles. The summed E-state index contributed by atoms with van der Waals surface area (Å²) in [6.07, 6.45) is -4.52. The van der Waals surface area contributed by atoms with E-state index in [4.69, 9.17) is 5.73 Å². The zero-order valence-corrected chi connectivity index (χ0v) is 9.93. The Morgan fingerprint density at radius 2 is 1.65 bits per heavy atom. The van der Waals surface area contributed by atoms with Crippen molar-refractivity contribution in [2.24, 2.45) is 0 Å². The Kier molecular flexibility index (Phi) is 3.52. The average Bonchev–Trinajstić information content (AvgIpc) is 2.36. The molecule has 106 valence electrons. The molecule has 0 aliphatic rings. The maximum atomic E-state index is 13.4. The molecule has 0 heterocycles. The van der Waals surface area contributed by atoms with Crippen LogP contribution in [-0.4, -0.2) is 0 Å². The summed E-state index contributed by atoms with van der Waals surface area (Å²) in [5.41, 5.74) is 4.19. The second kappa shape index (κ2) is 4.99. The van der Waals surface area contributed by atoms with Crippen LogP contribution in [0.5, 0.6) is 0 Å². The molecule has 0 unspecified atom stereocenters. The lowest BCUT2D eigenvalue weighted by Gasteiger charge is -2.13. The lowest BCUT2D eigenvalue weighted by molar-refractivity contribution is -0.137. The van der Waals surface area contributed by atoms with E-state index >= 15 is 0 Å². The molecule has 3 N–H and O–H groups in total. The Morgan fingerprint density at radius 1 is 0.950 bits per heavy atom. The van der Waals surface area contributed by atoms with Gasteiger partial charge in [-0.25, -0.2) is 8.78 Å². The summed E-state index contributed by atoms with van der Waals surface area (Å²) in [5.74, 6) is -2.20. The van der Waals surface area contributed by atoms with E-state index in [1.807, 2.05) is 0 Å². The van der Waals surface area contributed by atoms with Crippen molar-refractivity contribution in [3.8, 4) is 0 Å². The van der Waals surface area contributed by atoms with Gasteiger partial charge in [-0.2, -0.15) is 13.2 Å². The predicted octanol–water partition coefficient (Wildman–Crippen LogP) is 4.31. The van der Waals surface area contributed by atoms with Crippen LogP contribution in [0.1, 0.15) is 5.56 Å². The molecule has 0 aliphatic heterocycles. The first kappa shape index (κ1) is 14.1. The third-order valence-corrected chi connectivity index (χ3v) is 2.60. The molecule has 2 aromatic rings. The second-order valence-corrected chi connectivity index (χ2v) is 4.03. The highest BCUT2D eigenvalue weighted by Crippen LogP contribution is 2.34. The Balaban J connectivity index is 2.33. The molecule has 2 aromatic carbocycles. The fourth-order valence-electron chi connectivity index (χ4n) is 1.60. The van der Waals surface area contributed by atoms with Crippen LogP contribution < -0.4 is 11.1 Å². The van der Waals surface area contributed by atoms with E-state index in [1.165, 1.54) is 12.1 Å². The van der Waals surface area contributed by atoms with Crippen molar-refractivity contribution in [1.82, 2.24) is 0 Å². The number of rotatable bonds is 2. The van der Waals surface area contributed by atoms with E-state index in [9.17, 15) is 22.0 Å². The van der Waals surface area contributed by atoms with E-state index in [1.54, 1.807) is 0 Å². The van der Waals surface area contributed by atoms with Crippen LogP contribution in [-0.2, 0) is 6.18 Å². The second-order valence-electron chi connectivity index (χ2n) is 4.03. The molecule has 0 aliphatic carbocycles. The van der Waals surface area contributed by atoms with Gasteiger partial charge in [-0.15, -0.1) is 0 Å². The van der Waals surface area contributed by atoms with E-state index in [0.29, 0.717) is 0 Å². The number of nitrogens with one attached hydrogen (secondary N) is 1. The molecule has 0 spiro atoms. The normalized spacial score (nSPS) is 11.4. The minimum Gasteiger partial charge on any atom is -0.397 e. The van der Waals surface area contributed by atoms with Crippen molar-refractivity contribution >= 4 is 17.1 Å². The highest BCUT2D eigenvalue weighted by molar-refractivity contribution is 5.73. The first-order valence-corrected chi connectivity index (χ1v) is 5.47. The molecule has 0 bridgehead atoms. The van der Waals surface area contributed by atoms with Gasteiger partial charge in [0.25, 0.3) is 0 Å². The first-order valence-electron chi connectivity index (χ1n) is 5.47. The van der Waals surface area contributed by atoms with Crippen LogP contribution in [0.3, 0.4) is 0 Å². The highest BCUT2D eigenvalue weighted by Gasteiger charge is 2.30. The van der Waals surface area contributed by atoms with E-state index < -0.39 is 23.4 Å². The number of halogens is 5. The highest BCUT2D eigenvalue weighted by atomic mass is 19.4. The van der Waals surface area contributed by atoms with Gasteiger partial charge >= 0.3 is 6.18 Å². The molecule has 0 radical (unpaired) electrons. The SMILES string of the molecule is Nc1cc(C(F)(F)F)ccc1Nc1cccc(F)c1F. The quantitative estimate of drug-likeness (QED) is 0.638. The van der Waals surface area contributed by atoms with Gasteiger partial charge in [-0.05, 0) is 30.3 Å². The van der Waals surface area contributed by atoms with Gasteiger partial charge in [0.15, 0.2) is 11.6 Å². The zero-order valence-electron chi connectivity index (χ0n) is 9.93. The number of alkyl halides is 3. The summed E-state index contributed by atoms with van der Waals surface area (Å²) < 4.78 is 63.8. The van der Waals surface area contributed by atoms with Crippen molar-refractivity contribution in [3.05, 3.63) is 53.6 Å². The third kappa shape index (κ3) is 2.81. The Hall–Kier alpha value is -2.31. The monoisotopic (exact) mass is 288 g/mol. The number of hydrogen-bond donors (Lipinski definition) is 2. The fourth-order valence-corrected chi connectivity index (χ4v) is 1.60. The first-order chi connectivity index (χ1) is 9.29. The Bertz CT molecular complexity index is 637. The molecule has 0 amide bonds. The Labute approximate surface area is 111 Å². The maximum Gasteiger partial charge on any atom is 0.416 e. The minimum atomic E-state index is -4.52. The van der Waals surface area contributed by atoms with Crippen LogP contribution in [0.2, 0.25) is 0 Å². The Morgan fingerprint density at radius 3 is 2.25 bits per heavy atom. The molecule has 2 rings (SSSR count). The van der Waals surface area contributed by atoms with Crippen LogP contribution in [0, 0.1) is 11.6 Å². The average molecular weight is 288 g/mol. The molecule has 7 heteroatoms. The van der Waals surface area contributed by atoms with Gasteiger partial charge in [-0.1, -0.05) is 6.07 Å². The molecule has 0 saturated carbocycles. The van der Waals surface area contributed by atoms with Crippen molar-refractivity contribution in [3.63, 3.8) is 0 Å². The summed E-state index contributed by atoms with van der Waals surface area (Å²) in [7, 11) is 0. The third-order valence-electron chi connectivity index (χ3n) is 2.60. The van der Waals surface area contributed by atoms with Crippen LogP contribution in [0.15, 0.2) is 36.4 Å². The molecule has 0 atom stereocenters. The lowest BCUT2D eigenvalue weighted by Crippen LogP contribution is -2.07. The fraction of sp³-hybridized carbons (Fsp3) is 0.0769. The standard InChI is InChI=1S/C13H9F5N2/c14-8-2-1-3-11(12(8)15)20-10-5-4-7(6-9(10)19)13(16,17)18/h1-6,20H,19H2. The predicted molar refractivity (Wildman–Crippen MR) is 65.5 cm³/mol. The summed E-state index contributed by atoms with van der Waals surface area (Å²) in [6, 6.07) is 6.02. The van der Waals surface area contributed by atoms with Crippen molar-refractivity contribution in [2.45, 2.75) is 6.18 Å². The van der Waals surface area contributed by atoms with Crippen molar-refractivity contribution in [1.29, 1.82) is 0 Å². The van der Waals surface area contributed by atoms with Gasteiger partial charge in [0.2, 0.25) is 0 Å². The van der Waals surface area contributed by atoms with Gasteiger partial charge in [0.05, 0.1) is 22.6 Å². The number of benzene rings is 2. The minimum absolute atomic E-state index is 0.0579. The van der Waals surface area contributed by atoms with E-state index in [0.717, 1.165) is 24.3 Å². The summed E-state index contributed by atoms with van der Waals surface area (Å²) in [5, 5.41) is 2.45. The molecule has 2 nitrogen and oxygen atoms in total. The van der Waals surface area contributed by atoms with Gasteiger partial charge in [0.1, 0.15) is 0 Å².